The van der Waals surface area contributed by atoms with Crippen molar-refractivity contribution in [3.8, 4) is 0 Å². The van der Waals surface area contributed by atoms with E-state index in [-0.39, 0.29) is 5.92 Å². The highest BCUT2D eigenvalue weighted by Crippen LogP contribution is 2.34. The van der Waals surface area contributed by atoms with Gasteiger partial charge in [0.1, 0.15) is 17.8 Å². The molecule has 1 saturated heterocycles. The zero-order valence-electron chi connectivity index (χ0n) is 15.3. The number of methoxy groups -OCH3 is 1. The van der Waals surface area contributed by atoms with Gasteiger partial charge in [-0.15, -0.1) is 0 Å². The molecule has 1 fully saturated rings. The van der Waals surface area contributed by atoms with E-state index in [4.69, 9.17) is 4.74 Å². The summed E-state index contributed by atoms with van der Waals surface area (Å²) in [6.45, 7) is 1.79. The minimum atomic E-state index is -4.47. The molecule has 3 aromatic rings. The van der Waals surface area contributed by atoms with Crippen molar-refractivity contribution >= 4 is 16.7 Å². The summed E-state index contributed by atoms with van der Waals surface area (Å²) in [5, 5.41) is 8.65. The van der Waals surface area contributed by atoms with Crippen LogP contribution in [0.2, 0.25) is 0 Å². The topological polar surface area (TPSA) is 66.9 Å². The van der Waals surface area contributed by atoms with Crippen molar-refractivity contribution in [1.82, 2.24) is 20.2 Å². The van der Waals surface area contributed by atoms with Gasteiger partial charge in [-0.2, -0.15) is 18.3 Å². The number of piperidine rings is 1. The van der Waals surface area contributed by atoms with Crippen LogP contribution in [0.4, 0.5) is 19.0 Å². The van der Waals surface area contributed by atoms with Crippen molar-refractivity contribution in [3.05, 3.63) is 47.5 Å². The fourth-order valence-electron chi connectivity index (χ4n) is 3.72. The van der Waals surface area contributed by atoms with E-state index in [0.29, 0.717) is 25.5 Å². The number of H-pyrrole nitrogens is 1. The van der Waals surface area contributed by atoms with Crippen LogP contribution < -0.4 is 4.90 Å². The Morgan fingerprint density at radius 1 is 1.18 bits per heavy atom. The zero-order valence-corrected chi connectivity index (χ0v) is 15.3. The predicted molar refractivity (Wildman–Crippen MR) is 98.0 cm³/mol. The van der Waals surface area contributed by atoms with E-state index < -0.39 is 11.9 Å². The monoisotopic (exact) mass is 391 g/mol. The molecule has 1 aliphatic rings. The Balaban J connectivity index is 1.48. The molecular formula is C19H20F3N5O. The van der Waals surface area contributed by atoms with Gasteiger partial charge in [-0.25, -0.2) is 9.97 Å². The van der Waals surface area contributed by atoms with Crippen molar-refractivity contribution < 1.29 is 17.9 Å². The smallest absolute Gasteiger partial charge is 0.380 e. The number of aromatic nitrogens is 4. The Morgan fingerprint density at radius 3 is 2.68 bits per heavy atom. The fraction of sp³-hybridized carbons (Fsp3) is 0.421. The molecular weight excluding hydrogens is 371 g/mol. The van der Waals surface area contributed by atoms with E-state index in [1.807, 2.05) is 17.0 Å². The van der Waals surface area contributed by atoms with Gasteiger partial charge in [0.2, 0.25) is 0 Å². The molecule has 0 atom stereocenters. The van der Waals surface area contributed by atoms with E-state index in [1.54, 1.807) is 7.11 Å². The van der Waals surface area contributed by atoms with Gasteiger partial charge in [-0.1, -0.05) is 12.1 Å². The average Bonchev–Trinajstić information content (AvgIpc) is 3.11. The number of fused-ring (bicyclic) bond motifs is 1. The van der Waals surface area contributed by atoms with Gasteiger partial charge in [-0.3, -0.25) is 5.10 Å². The van der Waals surface area contributed by atoms with Crippen LogP contribution in [0.1, 0.15) is 35.7 Å². The maximum atomic E-state index is 12.9. The Kier molecular flexibility index (Phi) is 4.92. The lowest BCUT2D eigenvalue weighted by molar-refractivity contribution is -0.141. The Morgan fingerprint density at radius 2 is 1.96 bits per heavy atom. The normalized spacial score (nSPS) is 16.1. The molecule has 6 nitrogen and oxygen atoms in total. The van der Waals surface area contributed by atoms with Crippen molar-refractivity contribution in [2.45, 2.75) is 31.5 Å². The number of alkyl halides is 3. The van der Waals surface area contributed by atoms with Crippen LogP contribution in [-0.2, 0) is 17.5 Å². The summed E-state index contributed by atoms with van der Waals surface area (Å²) in [7, 11) is 1.66. The first-order valence-electron chi connectivity index (χ1n) is 9.05. The highest BCUT2D eigenvalue weighted by atomic mass is 19.4. The lowest BCUT2D eigenvalue weighted by Gasteiger charge is -2.32. The number of aromatic amines is 1. The van der Waals surface area contributed by atoms with Crippen LogP contribution in [0.5, 0.6) is 0 Å². The molecule has 2 aromatic heterocycles. The summed E-state index contributed by atoms with van der Waals surface area (Å²) in [6.07, 6.45) is -1.87. The Bertz CT molecular complexity index is 964. The molecule has 28 heavy (non-hydrogen) atoms. The maximum Gasteiger partial charge on any atom is 0.433 e. The first-order chi connectivity index (χ1) is 13.5. The Labute approximate surface area is 159 Å². The summed E-state index contributed by atoms with van der Waals surface area (Å²) in [5.74, 6) is 0.595. The summed E-state index contributed by atoms with van der Waals surface area (Å²) in [6, 6.07) is 7.10. The predicted octanol–water partition coefficient (Wildman–Crippen LogP) is 3.90. The van der Waals surface area contributed by atoms with Gasteiger partial charge in [0.05, 0.1) is 12.1 Å². The van der Waals surface area contributed by atoms with Gasteiger partial charge in [0, 0.05) is 43.3 Å². The molecule has 3 heterocycles. The van der Waals surface area contributed by atoms with E-state index in [1.165, 1.54) is 0 Å². The van der Waals surface area contributed by atoms with Crippen molar-refractivity contribution in [2.24, 2.45) is 0 Å². The second-order valence-corrected chi connectivity index (χ2v) is 6.94. The lowest BCUT2D eigenvalue weighted by Crippen LogP contribution is -2.34. The third-order valence-electron chi connectivity index (χ3n) is 5.13. The maximum absolute atomic E-state index is 12.9. The second-order valence-electron chi connectivity index (χ2n) is 6.94. The molecule has 1 aromatic carbocycles. The van der Waals surface area contributed by atoms with Crippen LogP contribution in [0.15, 0.2) is 30.6 Å². The number of ether oxygens (including phenoxy) is 1. The van der Waals surface area contributed by atoms with Crippen LogP contribution in [0, 0.1) is 0 Å². The highest BCUT2D eigenvalue weighted by Gasteiger charge is 2.33. The van der Waals surface area contributed by atoms with Crippen molar-refractivity contribution in [3.63, 3.8) is 0 Å². The number of anilines is 1. The standard InChI is InChI=1S/C19H20F3N5O/c1-28-10-12-2-3-14-15(8-12)25-26-18(14)13-4-6-27(7-5-13)17-9-16(19(20,21)22)23-11-24-17/h2-3,8-9,11,13H,4-7,10H2,1H3,(H,25,26). The molecule has 0 radical (unpaired) electrons. The highest BCUT2D eigenvalue weighted by molar-refractivity contribution is 5.82. The first kappa shape index (κ1) is 18.7. The molecule has 4 rings (SSSR count). The van der Waals surface area contributed by atoms with Crippen LogP contribution in [0.3, 0.4) is 0 Å². The van der Waals surface area contributed by atoms with Gasteiger partial charge in [0.15, 0.2) is 0 Å². The number of halogens is 3. The molecule has 1 N–H and O–H groups in total. The molecule has 0 aliphatic carbocycles. The summed E-state index contributed by atoms with van der Waals surface area (Å²) < 4.78 is 43.8. The molecule has 9 heteroatoms. The number of rotatable bonds is 4. The Hall–Kier alpha value is -2.68. The van der Waals surface area contributed by atoms with Crippen LogP contribution in [-0.4, -0.2) is 40.4 Å². The number of hydrogen-bond acceptors (Lipinski definition) is 5. The third kappa shape index (κ3) is 3.66. The van der Waals surface area contributed by atoms with Gasteiger partial charge < -0.3 is 9.64 Å². The summed E-state index contributed by atoms with van der Waals surface area (Å²) in [4.78, 5) is 9.23. The largest absolute Gasteiger partial charge is 0.433 e. The number of benzene rings is 1. The third-order valence-corrected chi connectivity index (χ3v) is 5.13. The number of nitrogens with one attached hydrogen (secondary N) is 1. The first-order valence-corrected chi connectivity index (χ1v) is 9.05. The second kappa shape index (κ2) is 7.38. The van der Waals surface area contributed by atoms with E-state index >= 15 is 0 Å². The van der Waals surface area contributed by atoms with Crippen molar-refractivity contribution in [2.75, 3.05) is 25.1 Å². The van der Waals surface area contributed by atoms with Gasteiger partial charge >= 0.3 is 6.18 Å². The van der Waals surface area contributed by atoms with E-state index in [2.05, 4.69) is 26.2 Å². The summed E-state index contributed by atoms with van der Waals surface area (Å²) >= 11 is 0. The minimum Gasteiger partial charge on any atom is -0.380 e. The van der Waals surface area contributed by atoms with Crippen LogP contribution >= 0.6 is 0 Å². The van der Waals surface area contributed by atoms with Crippen molar-refractivity contribution in [1.29, 1.82) is 0 Å². The van der Waals surface area contributed by atoms with Gasteiger partial charge in [-0.05, 0) is 24.5 Å². The zero-order chi connectivity index (χ0) is 19.7. The summed E-state index contributed by atoms with van der Waals surface area (Å²) in [5.41, 5.74) is 2.13. The molecule has 0 bridgehead atoms. The molecule has 148 valence electrons. The molecule has 1 aliphatic heterocycles. The van der Waals surface area contributed by atoms with Crippen LogP contribution in [0.25, 0.3) is 10.9 Å². The minimum absolute atomic E-state index is 0.276. The molecule has 0 saturated carbocycles. The SMILES string of the molecule is COCc1ccc2c(C3CCN(c4cc(C(F)(F)F)ncn4)CC3)[nH]nc2c1. The average molecular weight is 391 g/mol. The quantitative estimate of drug-likeness (QED) is 0.731. The molecule has 0 amide bonds. The fourth-order valence-corrected chi connectivity index (χ4v) is 3.72. The molecule has 0 unspecified atom stereocenters. The molecule has 0 spiro atoms. The van der Waals surface area contributed by atoms with E-state index in [0.717, 1.165) is 47.4 Å². The number of nitrogens with zero attached hydrogens (tertiary/aromatic N) is 4. The lowest BCUT2D eigenvalue weighted by atomic mass is 9.91. The van der Waals surface area contributed by atoms with E-state index in [9.17, 15) is 13.2 Å². The van der Waals surface area contributed by atoms with Gasteiger partial charge in [0.25, 0.3) is 0 Å². The number of hydrogen-bond donors (Lipinski definition) is 1.